The van der Waals surface area contributed by atoms with Crippen molar-refractivity contribution in [2.75, 3.05) is 18.6 Å². The predicted octanol–water partition coefficient (Wildman–Crippen LogP) is 1.45. The zero-order valence-corrected chi connectivity index (χ0v) is 9.57. The second kappa shape index (κ2) is 5.89. The monoisotopic (exact) mass is 202 g/mol. The molecule has 3 unspecified atom stereocenters. The maximum Gasteiger partial charge on any atom is 0.00824 e. The predicted molar refractivity (Wildman–Crippen MR) is 61.2 cm³/mol. The molecular weight excluding hydrogens is 180 g/mol. The molecule has 2 nitrogen and oxygen atoms in total. The lowest BCUT2D eigenvalue weighted by molar-refractivity contribution is 0.468. The molecular formula is C10H22N2S. The van der Waals surface area contributed by atoms with Gasteiger partial charge < -0.3 is 11.1 Å². The molecule has 1 rings (SSSR count). The summed E-state index contributed by atoms with van der Waals surface area (Å²) in [5.41, 5.74) is 5.85. The quantitative estimate of drug-likeness (QED) is 0.709. The molecule has 3 atom stereocenters. The largest absolute Gasteiger partial charge is 0.328 e. The summed E-state index contributed by atoms with van der Waals surface area (Å²) in [7, 11) is 0. The Morgan fingerprint density at radius 2 is 2.31 bits per heavy atom. The molecule has 0 saturated heterocycles. The highest BCUT2D eigenvalue weighted by Gasteiger charge is 2.21. The van der Waals surface area contributed by atoms with Gasteiger partial charge in [-0.1, -0.05) is 6.92 Å². The Morgan fingerprint density at radius 3 is 2.85 bits per heavy atom. The fraction of sp³-hybridized carbons (Fsp3) is 1.00. The topological polar surface area (TPSA) is 38.0 Å². The van der Waals surface area contributed by atoms with Crippen LogP contribution in [0.15, 0.2) is 0 Å². The average Bonchev–Trinajstić information content (AvgIpc) is 2.49. The summed E-state index contributed by atoms with van der Waals surface area (Å²) >= 11 is 1.93. The van der Waals surface area contributed by atoms with Crippen molar-refractivity contribution in [3.8, 4) is 0 Å². The molecule has 0 aliphatic heterocycles. The van der Waals surface area contributed by atoms with E-state index in [1.165, 1.54) is 25.0 Å². The normalized spacial score (nSPS) is 30.7. The number of rotatable bonds is 5. The number of nitrogens with one attached hydrogen (secondary N) is 1. The second-order valence-electron chi connectivity index (χ2n) is 4.24. The minimum absolute atomic E-state index is 0.452. The first-order valence-corrected chi connectivity index (χ1v) is 6.59. The van der Waals surface area contributed by atoms with E-state index in [4.69, 9.17) is 5.73 Å². The third-order valence-electron chi connectivity index (χ3n) is 2.68. The third kappa shape index (κ3) is 4.34. The molecule has 0 aromatic carbocycles. The Morgan fingerprint density at radius 1 is 1.54 bits per heavy atom. The third-order valence-corrected chi connectivity index (χ3v) is 3.58. The Hall–Kier alpha value is 0.270. The van der Waals surface area contributed by atoms with Gasteiger partial charge in [0.05, 0.1) is 0 Å². The zero-order valence-electron chi connectivity index (χ0n) is 8.75. The smallest absolute Gasteiger partial charge is 0.00824 e. The van der Waals surface area contributed by atoms with Crippen LogP contribution in [0.4, 0.5) is 0 Å². The molecule has 3 heteroatoms. The van der Waals surface area contributed by atoms with Crippen molar-refractivity contribution in [2.45, 2.75) is 38.3 Å². The van der Waals surface area contributed by atoms with Crippen molar-refractivity contribution in [1.82, 2.24) is 5.32 Å². The van der Waals surface area contributed by atoms with E-state index in [1.54, 1.807) is 0 Å². The lowest BCUT2D eigenvalue weighted by Crippen LogP contribution is -2.32. The van der Waals surface area contributed by atoms with E-state index >= 15 is 0 Å². The molecule has 0 aromatic heterocycles. The van der Waals surface area contributed by atoms with Crippen LogP contribution in [-0.4, -0.2) is 30.6 Å². The molecule has 0 amide bonds. The van der Waals surface area contributed by atoms with Gasteiger partial charge in [-0.3, -0.25) is 0 Å². The van der Waals surface area contributed by atoms with E-state index in [2.05, 4.69) is 18.5 Å². The van der Waals surface area contributed by atoms with Crippen LogP contribution in [0.3, 0.4) is 0 Å². The molecule has 1 aliphatic rings. The molecule has 0 bridgehead atoms. The van der Waals surface area contributed by atoms with Crippen LogP contribution in [-0.2, 0) is 0 Å². The number of thioether (sulfide) groups is 1. The number of hydrogen-bond donors (Lipinski definition) is 2. The van der Waals surface area contributed by atoms with Crippen LogP contribution in [0.2, 0.25) is 0 Å². The van der Waals surface area contributed by atoms with Crippen LogP contribution >= 0.6 is 11.8 Å². The summed E-state index contributed by atoms with van der Waals surface area (Å²) < 4.78 is 0. The first-order chi connectivity index (χ1) is 6.22. The van der Waals surface area contributed by atoms with Gasteiger partial charge in [0.2, 0.25) is 0 Å². The van der Waals surface area contributed by atoms with Crippen molar-refractivity contribution < 1.29 is 0 Å². The molecule has 1 fully saturated rings. The lowest BCUT2D eigenvalue weighted by atomic mass is 10.2. The van der Waals surface area contributed by atoms with Gasteiger partial charge in [0.15, 0.2) is 0 Å². The van der Waals surface area contributed by atoms with E-state index in [-0.39, 0.29) is 0 Å². The summed E-state index contributed by atoms with van der Waals surface area (Å²) in [5.74, 6) is 2.04. The maximum absolute atomic E-state index is 5.85. The van der Waals surface area contributed by atoms with E-state index in [0.717, 1.165) is 12.5 Å². The van der Waals surface area contributed by atoms with Gasteiger partial charge in [-0.05, 0) is 43.7 Å². The fourth-order valence-electron chi connectivity index (χ4n) is 1.91. The minimum Gasteiger partial charge on any atom is -0.328 e. The first-order valence-electron chi connectivity index (χ1n) is 5.20. The molecule has 1 aliphatic carbocycles. The van der Waals surface area contributed by atoms with Gasteiger partial charge in [0, 0.05) is 12.1 Å². The fourth-order valence-corrected chi connectivity index (χ4v) is 2.60. The van der Waals surface area contributed by atoms with Crippen molar-refractivity contribution in [3.63, 3.8) is 0 Å². The van der Waals surface area contributed by atoms with E-state index in [1.807, 2.05) is 11.8 Å². The van der Waals surface area contributed by atoms with Crippen LogP contribution in [0.5, 0.6) is 0 Å². The van der Waals surface area contributed by atoms with Gasteiger partial charge in [0.1, 0.15) is 0 Å². The van der Waals surface area contributed by atoms with Crippen LogP contribution < -0.4 is 11.1 Å². The zero-order chi connectivity index (χ0) is 9.68. The Balaban J connectivity index is 2.05. The van der Waals surface area contributed by atoms with Crippen molar-refractivity contribution in [3.05, 3.63) is 0 Å². The SMILES string of the molecule is CSCC(C)CNC1CCC(N)C1. The first kappa shape index (κ1) is 11.3. The lowest BCUT2D eigenvalue weighted by Gasteiger charge is -2.16. The van der Waals surface area contributed by atoms with E-state index in [9.17, 15) is 0 Å². The highest BCUT2D eigenvalue weighted by Crippen LogP contribution is 2.17. The molecule has 3 N–H and O–H groups in total. The van der Waals surface area contributed by atoms with Gasteiger partial charge in [-0.25, -0.2) is 0 Å². The molecule has 0 aromatic rings. The molecule has 78 valence electrons. The Labute approximate surface area is 86.0 Å². The van der Waals surface area contributed by atoms with Gasteiger partial charge in [0.25, 0.3) is 0 Å². The Bertz CT molecular complexity index is 141. The number of hydrogen-bond acceptors (Lipinski definition) is 3. The average molecular weight is 202 g/mol. The van der Waals surface area contributed by atoms with Crippen LogP contribution in [0, 0.1) is 5.92 Å². The van der Waals surface area contributed by atoms with Crippen molar-refractivity contribution in [1.29, 1.82) is 0 Å². The highest BCUT2D eigenvalue weighted by atomic mass is 32.2. The molecule has 0 heterocycles. The molecule has 0 spiro atoms. The van der Waals surface area contributed by atoms with E-state index in [0.29, 0.717) is 12.1 Å². The van der Waals surface area contributed by atoms with Gasteiger partial charge in [-0.15, -0.1) is 0 Å². The number of nitrogens with two attached hydrogens (primary N) is 1. The summed E-state index contributed by atoms with van der Waals surface area (Å²) in [6.07, 6.45) is 5.82. The Kier molecular flexibility index (Phi) is 5.14. The summed E-state index contributed by atoms with van der Waals surface area (Å²) in [6, 6.07) is 1.15. The van der Waals surface area contributed by atoms with Crippen LogP contribution in [0.25, 0.3) is 0 Å². The molecule has 13 heavy (non-hydrogen) atoms. The summed E-state index contributed by atoms with van der Waals surface area (Å²) in [6.45, 7) is 3.45. The summed E-state index contributed by atoms with van der Waals surface area (Å²) in [5, 5.41) is 3.60. The maximum atomic E-state index is 5.85. The van der Waals surface area contributed by atoms with Crippen molar-refractivity contribution >= 4 is 11.8 Å². The van der Waals surface area contributed by atoms with E-state index < -0.39 is 0 Å². The molecule has 1 saturated carbocycles. The minimum atomic E-state index is 0.452. The standard InChI is InChI=1S/C10H22N2S/c1-8(7-13-2)6-12-10-4-3-9(11)5-10/h8-10,12H,3-7,11H2,1-2H3. The molecule has 0 radical (unpaired) electrons. The van der Waals surface area contributed by atoms with Gasteiger partial charge in [-0.2, -0.15) is 11.8 Å². The highest BCUT2D eigenvalue weighted by molar-refractivity contribution is 7.98. The summed E-state index contributed by atoms with van der Waals surface area (Å²) in [4.78, 5) is 0. The van der Waals surface area contributed by atoms with Gasteiger partial charge >= 0.3 is 0 Å². The van der Waals surface area contributed by atoms with Crippen molar-refractivity contribution in [2.24, 2.45) is 11.7 Å². The van der Waals surface area contributed by atoms with Crippen LogP contribution in [0.1, 0.15) is 26.2 Å². The second-order valence-corrected chi connectivity index (χ2v) is 5.15.